The summed E-state index contributed by atoms with van der Waals surface area (Å²) in [7, 11) is 0. The van der Waals surface area contributed by atoms with Gasteiger partial charge in [-0.25, -0.2) is 0 Å². The second kappa shape index (κ2) is 6.71. The SMILES string of the molecule is CC[C@@H](NC(=O)c1ccc(Br)cc1)c1ccc(C)cc1. The van der Waals surface area contributed by atoms with Crippen LogP contribution in [0, 0.1) is 6.92 Å². The number of hydrogen-bond acceptors (Lipinski definition) is 1. The van der Waals surface area contributed by atoms with Gasteiger partial charge < -0.3 is 5.32 Å². The minimum atomic E-state index is -0.0371. The van der Waals surface area contributed by atoms with Crippen molar-refractivity contribution >= 4 is 21.8 Å². The average Bonchev–Trinajstić information content (AvgIpc) is 2.46. The summed E-state index contributed by atoms with van der Waals surface area (Å²) in [6.07, 6.45) is 0.866. The van der Waals surface area contributed by atoms with E-state index in [-0.39, 0.29) is 11.9 Å². The number of carbonyl (C=O) groups excluding carboxylic acids is 1. The van der Waals surface area contributed by atoms with Crippen molar-refractivity contribution in [3.05, 3.63) is 69.7 Å². The number of nitrogens with one attached hydrogen (secondary N) is 1. The zero-order valence-corrected chi connectivity index (χ0v) is 13.3. The van der Waals surface area contributed by atoms with Crippen LogP contribution in [-0.4, -0.2) is 5.91 Å². The Balaban J connectivity index is 2.11. The standard InChI is InChI=1S/C17H18BrNO/c1-3-16(13-6-4-12(2)5-7-13)19-17(20)14-8-10-15(18)11-9-14/h4-11,16H,3H2,1-2H3,(H,19,20)/t16-/m1/s1. The van der Waals surface area contributed by atoms with Gasteiger partial charge in [0.15, 0.2) is 0 Å². The van der Waals surface area contributed by atoms with Crippen LogP contribution in [0.5, 0.6) is 0 Å². The van der Waals surface area contributed by atoms with Gasteiger partial charge in [0.1, 0.15) is 0 Å². The van der Waals surface area contributed by atoms with Crippen LogP contribution >= 0.6 is 15.9 Å². The van der Waals surface area contributed by atoms with Crippen molar-refractivity contribution in [2.75, 3.05) is 0 Å². The summed E-state index contributed by atoms with van der Waals surface area (Å²) in [5, 5.41) is 3.08. The van der Waals surface area contributed by atoms with Crippen molar-refractivity contribution in [3.63, 3.8) is 0 Å². The van der Waals surface area contributed by atoms with Gasteiger partial charge in [-0.3, -0.25) is 4.79 Å². The fourth-order valence-corrected chi connectivity index (χ4v) is 2.33. The molecule has 0 heterocycles. The second-order valence-electron chi connectivity index (χ2n) is 4.85. The molecule has 0 radical (unpaired) electrons. The summed E-state index contributed by atoms with van der Waals surface area (Å²) in [5.41, 5.74) is 3.05. The highest BCUT2D eigenvalue weighted by molar-refractivity contribution is 9.10. The van der Waals surface area contributed by atoms with E-state index in [0.29, 0.717) is 5.56 Å². The third-order valence-corrected chi connectivity index (χ3v) is 3.83. The molecule has 1 N–H and O–H groups in total. The van der Waals surface area contributed by atoms with Crippen LogP contribution in [0.3, 0.4) is 0 Å². The minimum Gasteiger partial charge on any atom is -0.345 e. The first kappa shape index (κ1) is 14.8. The van der Waals surface area contributed by atoms with Gasteiger partial charge in [0.25, 0.3) is 5.91 Å². The highest BCUT2D eigenvalue weighted by Crippen LogP contribution is 2.18. The quantitative estimate of drug-likeness (QED) is 0.868. The Bertz CT molecular complexity index is 575. The summed E-state index contributed by atoms with van der Waals surface area (Å²) in [4.78, 5) is 12.2. The number of hydrogen-bond donors (Lipinski definition) is 1. The lowest BCUT2D eigenvalue weighted by Gasteiger charge is -2.17. The molecule has 3 heteroatoms. The topological polar surface area (TPSA) is 29.1 Å². The first-order valence-electron chi connectivity index (χ1n) is 6.73. The first-order chi connectivity index (χ1) is 9.60. The summed E-state index contributed by atoms with van der Waals surface area (Å²) in [6, 6.07) is 15.7. The van der Waals surface area contributed by atoms with Crippen LogP contribution in [0.1, 0.15) is 40.9 Å². The predicted molar refractivity (Wildman–Crippen MR) is 85.8 cm³/mol. The Morgan fingerprint density at radius 2 is 1.70 bits per heavy atom. The first-order valence-corrected chi connectivity index (χ1v) is 7.52. The van der Waals surface area contributed by atoms with E-state index in [0.717, 1.165) is 16.5 Å². The molecule has 1 atom stereocenters. The van der Waals surface area contributed by atoms with Gasteiger partial charge in [-0.05, 0) is 43.2 Å². The van der Waals surface area contributed by atoms with Gasteiger partial charge in [0.2, 0.25) is 0 Å². The molecule has 0 aliphatic heterocycles. The van der Waals surface area contributed by atoms with Crippen LogP contribution in [-0.2, 0) is 0 Å². The van der Waals surface area contributed by atoms with Gasteiger partial charge in [-0.1, -0.05) is 52.7 Å². The van der Waals surface area contributed by atoms with Gasteiger partial charge in [0, 0.05) is 10.0 Å². The molecule has 20 heavy (non-hydrogen) atoms. The molecule has 0 aliphatic carbocycles. The Labute approximate surface area is 128 Å². The smallest absolute Gasteiger partial charge is 0.251 e. The van der Waals surface area contributed by atoms with Gasteiger partial charge in [-0.2, -0.15) is 0 Å². The largest absolute Gasteiger partial charge is 0.345 e. The maximum Gasteiger partial charge on any atom is 0.251 e. The van der Waals surface area contributed by atoms with E-state index in [1.165, 1.54) is 5.56 Å². The van der Waals surface area contributed by atoms with Crippen LogP contribution in [0.2, 0.25) is 0 Å². The van der Waals surface area contributed by atoms with E-state index in [2.05, 4.69) is 59.4 Å². The fourth-order valence-electron chi connectivity index (χ4n) is 2.06. The molecule has 0 aliphatic rings. The lowest BCUT2D eigenvalue weighted by molar-refractivity contribution is 0.0935. The number of carbonyl (C=O) groups is 1. The van der Waals surface area contributed by atoms with E-state index in [1.807, 2.05) is 24.3 Å². The third kappa shape index (κ3) is 3.70. The van der Waals surface area contributed by atoms with Crippen LogP contribution in [0.25, 0.3) is 0 Å². The van der Waals surface area contributed by atoms with Crippen LogP contribution in [0.4, 0.5) is 0 Å². The Kier molecular flexibility index (Phi) is 4.96. The van der Waals surface area contributed by atoms with Gasteiger partial charge >= 0.3 is 0 Å². The Morgan fingerprint density at radius 3 is 2.25 bits per heavy atom. The Hall–Kier alpha value is -1.61. The molecule has 0 aromatic heterocycles. The lowest BCUT2D eigenvalue weighted by atomic mass is 10.0. The summed E-state index contributed by atoms with van der Waals surface area (Å²) >= 11 is 3.37. The van der Waals surface area contributed by atoms with Gasteiger partial charge in [-0.15, -0.1) is 0 Å². The molecule has 0 spiro atoms. The summed E-state index contributed by atoms with van der Waals surface area (Å²) in [5.74, 6) is -0.0371. The molecule has 2 aromatic rings. The predicted octanol–water partition coefficient (Wildman–Crippen LogP) is 4.64. The van der Waals surface area contributed by atoms with Crippen molar-refractivity contribution in [2.45, 2.75) is 26.3 Å². The van der Waals surface area contributed by atoms with Gasteiger partial charge in [0.05, 0.1) is 6.04 Å². The van der Waals surface area contributed by atoms with E-state index in [1.54, 1.807) is 0 Å². The summed E-state index contributed by atoms with van der Waals surface area (Å²) in [6.45, 7) is 4.14. The normalized spacial score (nSPS) is 11.9. The second-order valence-corrected chi connectivity index (χ2v) is 5.77. The van der Waals surface area contributed by atoms with Crippen molar-refractivity contribution in [1.82, 2.24) is 5.32 Å². The number of rotatable bonds is 4. The molecule has 0 saturated heterocycles. The molecule has 2 nitrogen and oxygen atoms in total. The highest BCUT2D eigenvalue weighted by atomic mass is 79.9. The number of halogens is 1. The number of benzene rings is 2. The van der Waals surface area contributed by atoms with Crippen LogP contribution in [0.15, 0.2) is 53.0 Å². The van der Waals surface area contributed by atoms with E-state index in [4.69, 9.17) is 0 Å². The zero-order valence-electron chi connectivity index (χ0n) is 11.7. The van der Waals surface area contributed by atoms with Crippen LogP contribution < -0.4 is 5.32 Å². The highest BCUT2D eigenvalue weighted by Gasteiger charge is 2.13. The maximum atomic E-state index is 12.2. The van der Waals surface area contributed by atoms with Crippen molar-refractivity contribution in [2.24, 2.45) is 0 Å². The number of amides is 1. The molecule has 0 fully saturated rings. The molecule has 0 unspecified atom stereocenters. The maximum absolute atomic E-state index is 12.2. The molecule has 1 amide bonds. The van der Waals surface area contributed by atoms with E-state index in [9.17, 15) is 4.79 Å². The molecule has 0 bridgehead atoms. The Morgan fingerprint density at radius 1 is 1.10 bits per heavy atom. The number of aryl methyl sites for hydroxylation is 1. The monoisotopic (exact) mass is 331 g/mol. The average molecular weight is 332 g/mol. The lowest BCUT2D eigenvalue weighted by Crippen LogP contribution is -2.28. The van der Waals surface area contributed by atoms with E-state index < -0.39 is 0 Å². The molecule has 2 aromatic carbocycles. The van der Waals surface area contributed by atoms with Crippen molar-refractivity contribution < 1.29 is 4.79 Å². The molecule has 104 valence electrons. The minimum absolute atomic E-state index is 0.0371. The fraction of sp³-hybridized carbons (Fsp3) is 0.235. The zero-order chi connectivity index (χ0) is 14.5. The van der Waals surface area contributed by atoms with Crippen molar-refractivity contribution in [3.8, 4) is 0 Å². The molecular weight excluding hydrogens is 314 g/mol. The molecule has 0 saturated carbocycles. The summed E-state index contributed by atoms with van der Waals surface area (Å²) < 4.78 is 0.972. The van der Waals surface area contributed by atoms with Crippen molar-refractivity contribution in [1.29, 1.82) is 0 Å². The third-order valence-electron chi connectivity index (χ3n) is 3.30. The molecule has 2 rings (SSSR count). The van der Waals surface area contributed by atoms with E-state index >= 15 is 0 Å². The molecular formula is C17H18BrNO.